The van der Waals surface area contributed by atoms with Crippen LogP contribution in [0.15, 0.2) is 22.7 Å². The third-order valence-corrected chi connectivity index (χ3v) is 3.99. The fourth-order valence-electron chi connectivity index (χ4n) is 1.69. The first-order chi connectivity index (χ1) is 7.73. The van der Waals surface area contributed by atoms with Crippen molar-refractivity contribution in [3.8, 4) is 5.75 Å². The molecule has 0 amide bonds. The summed E-state index contributed by atoms with van der Waals surface area (Å²) in [7, 11) is -0.520. The molecular weight excluding hydrogens is 283 g/mol. The Kier molecular flexibility index (Phi) is 3.05. The van der Waals surface area contributed by atoms with Crippen LogP contribution in [0.2, 0.25) is 0 Å². The van der Waals surface area contributed by atoms with Crippen LogP contribution in [0.3, 0.4) is 0 Å². The van der Waals surface area contributed by atoms with Crippen LogP contribution in [0, 0.1) is 0 Å². The highest BCUT2D eigenvalue weighted by atomic mass is 79.9. The molecule has 92 valence electrons. The van der Waals surface area contributed by atoms with Gasteiger partial charge in [0.25, 0.3) is 0 Å². The molecule has 1 aromatic carbocycles. The van der Waals surface area contributed by atoms with Crippen molar-refractivity contribution in [1.29, 1.82) is 0 Å². The Bertz CT molecular complexity index is 429. The van der Waals surface area contributed by atoms with Crippen LogP contribution in [-0.2, 0) is 9.31 Å². The van der Waals surface area contributed by atoms with Crippen molar-refractivity contribution in [3.05, 3.63) is 22.7 Å². The largest absolute Gasteiger partial charge is 0.508 e. The van der Waals surface area contributed by atoms with E-state index in [4.69, 9.17) is 9.31 Å². The zero-order valence-electron chi connectivity index (χ0n) is 10.5. The summed E-state index contributed by atoms with van der Waals surface area (Å²) in [4.78, 5) is 0. The van der Waals surface area contributed by atoms with E-state index in [0.717, 1.165) is 4.47 Å². The summed E-state index contributed by atoms with van der Waals surface area (Å²) in [5.41, 5.74) is -0.124. The summed E-state index contributed by atoms with van der Waals surface area (Å²) in [6.07, 6.45) is 0. The average Bonchev–Trinajstić information content (AvgIpc) is 2.35. The minimum atomic E-state index is -0.520. The highest BCUT2D eigenvalue weighted by Crippen LogP contribution is 2.37. The van der Waals surface area contributed by atoms with Crippen LogP contribution in [0.25, 0.3) is 0 Å². The van der Waals surface area contributed by atoms with Crippen molar-refractivity contribution in [2.45, 2.75) is 38.9 Å². The lowest BCUT2D eigenvalue weighted by Crippen LogP contribution is -2.41. The zero-order chi connectivity index (χ0) is 12.8. The summed E-state index contributed by atoms with van der Waals surface area (Å²) >= 11 is 3.31. The van der Waals surface area contributed by atoms with E-state index in [-0.39, 0.29) is 5.75 Å². The summed E-state index contributed by atoms with van der Waals surface area (Å²) in [5, 5.41) is 9.90. The van der Waals surface area contributed by atoms with Crippen LogP contribution in [0.1, 0.15) is 27.7 Å². The SMILES string of the molecule is CC1(C)OB(c2ccc(Br)cc2O)OC1(C)C. The smallest absolute Gasteiger partial charge is 0.498 e. The lowest BCUT2D eigenvalue weighted by molar-refractivity contribution is 0.00578. The van der Waals surface area contributed by atoms with Crippen molar-refractivity contribution < 1.29 is 14.4 Å². The molecular formula is C12H16BBrO3. The molecule has 0 unspecified atom stereocenters. The number of phenolic OH excluding ortho intramolecular Hbond substituents is 1. The minimum absolute atomic E-state index is 0.179. The number of hydrogen-bond donors (Lipinski definition) is 1. The molecule has 2 rings (SSSR count). The highest BCUT2D eigenvalue weighted by molar-refractivity contribution is 9.10. The Labute approximate surface area is 110 Å². The highest BCUT2D eigenvalue weighted by Gasteiger charge is 2.52. The molecule has 0 radical (unpaired) electrons. The summed E-state index contributed by atoms with van der Waals surface area (Å²) in [6, 6.07) is 5.31. The third-order valence-electron chi connectivity index (χ3n) is 3.50. The standard InChI is InChI=1S/C12H16BBrO3/c1-11(2)12(3,4)17-13(16-11)9-6-5-8(14)7-10(9)15/h5-7,15H,1-4H3. The van der Waals surface area contributed by atoms with E-state index in [9.17, 15) is 5.11 Å². The van der Waals surface area contributed by atoms with Crippen LogP contribution >= 0.6 is 15.9 Å². The molecule has 0 saturated carbocycles. The van der Waals surface area contributed by atoms with Crippen molar-refractivity contribution in [1.82, 2.24) is 0 Å². The lowest BCUT2D eigenvalue weighted by Gasteiger charge is -2.32. The Balaban J connectivity index is 2.32. The van der Waals surface area contributed by atoms with Gasteiger partial charge in [-0.15, -0.1) is 0 Å². The number of benzene rings is 1. The van der Waals surface area contributed by atoms with Crippen LogP contribution < -0.4 is 5.46 Å². The molecule has 1 aliphatic heterocycles. The van der Waals surface area contributed by atoms with Gasteiger partial charge in [0.2, 0.25) is 0 Å². The Morgan fingerprint density at radius 2 is 1.65 bits per heavy atom. The predicted molar refractivity (Wildman–Crippen MR) is 71.5 cm³/mol. The topological polar surface area (TPSA) is 38.7 Å². The van der Waals surface area contributed by atoms with Gasteiger partial charge in [0.1, 0.15) is 5.75 Å². The molecule has 17 heavy (non-hydrogen) atoms. The number of aromatic hydroxyl groups is 1. The van der Waals surface area contributed by atoms with Gasteiger partial charge in [0.15, 0.2) is 0 Å². The van der Waals surface area contributed by atoms with Crippen LogP contribution in [-0.4, -0.2) is 23.4 Å². The maximum atomic E-state index is 9.90. The van der Waals surface area contributed by atoms with E-state index in [1.807, 2.05) is 39.8 Å². The third kappa shape index (κ3) is 2.24. The normalized spacial score (nSPS) is 21.8. The average molecular weight is 299 g/mol. The van der Waals surface area contributed by atoms with E-state index in [1.165, 1.54) is 0 Å². The molecule has 0 bridgehead atoms. The van der Waals surface area contributed by atoms with Crippen molar-refractivity contribution in [2.75, 3.05) is 0 Å². The van der Waals surface area contributed by atoms with E-state index < -0.39 is 18.3 Å². The molecule has 1 N–H and O–H groups in total. The molecule has 0 aromatic heterocycles. The predicted octanol–water partition coefficient (Wildman–Crippen LogP) is 2.45. The van der Waals surface area contributed by atoms with Gasteiger partial charge in [-0.1, -0.05) is 22.0 Å². The molecule has 1 saturated heterocycles. The first-order valence-electron chi connectivity index (χ1n) is 5.57. The van der Waals surface area contributed by atoms with Gasteiger partial charge in [-0.2, -0.15) is 0 Å². The molecule has 1 aliphatic rings. The molecule has 3 nitrogen and oxygen atoms in total. The van der Waals surface area contributed by atoms with Gasteiger partial charge in [-0.25, -0.2) is 0 Å². The second kappa shape index (κ2) is 4.00. The maximum Gasteiger partial charge on any atom is 0.498 e. The van der Waals surface area contributed by atoms with Gasteiger partial charge in [0, 0.05) is 9.94 Å². The number of hydrogen-bond acceptors (Lipinski definition) is 3. The number of rotatable bonds is 1. The lowest BCUT2D eigenvalue weighted by atomic mass is 9.78. The quantitative estimate of drug-likeness (QED) is 0.810. The minimum Gasteiger partial charge on any atom is -0.508 e. The molecule has 1 fully saturated rings. The van der Waals surface area contributed by atoms with Crippen LogP contribution in [0.5, 0.6) is 5.75 Å². The Morgan fingerprint density at radius 3 is 2.12 bits per heavy atom. The first-order valence-corrected chi connectivity index (χ1v) is 6.36. The Morgan fingerprint density at radius 1 is 1.12 bits per heavy atom. The van der Waals surface area contributed by atoms with E-state index >= 15 is 0 Å². The molecule has 1 heterocycles. The second-order valence-corrected chi connectivity index (χ2v) is 6.21. The fraction of sp³-hybridized carbons (Fsp3) is 0.500. The molecule has 0 atom stereocenters. The van der Waals surface area contributed by atoms with E-state index in [1.54, 1.807) is 6.07 Å². The fourth-order valence-corrected chi connectivity index (χ4v) is 2.04. The monoisotopic (exact) mass is 298 g/mol. The van der Waals surface area contributed by atoms with Crippen LogP contribution in [0.4, 0.5) is 0 Å². The zero-order valence-corrected chi connectivity index (χ0v) is 12.0. The molecule has 1 aromatic rings. The number of halogens is 1. The maximum absolute atomic E-state index is 9.90. The molecule has 0 aliphatic carbocycles. The van der Waals surface area contributed by atoms with Crippen molar-refractivity contribution in [3.63, 3.8) is 0 Å². The molecule has 5 heteroatoms. The van der Waals surface area contributed by atoms with Gasteiger partial charge < -0.3 is 14.4 Å². The van der Waals surface area contributed by atoms with Gasteiger partial charge in [0.05, 0.1) is 11.2 Å². The number of phenols is 1. The Hall–Kier alpha value is -0.515. The summed E-state index contributed by atoms with van der Waals surface area (Å²) in [6.45, 7) is 7.96. The van der Waals surface area contributed by atoms with Crippen molar-refractivity contribution >= 4 is 28.5 Å². The van der Waals surface area contributed by atoms with Gasteiger partial charge >= 0.3 is 7.12 Å². The van der Waals surface area contributed by atoms with E-state index in [2.05, 4.69) is 15.9 Å². The summed E-state index contributed by atoms with van der Waals surface area (Å²) in [5.74, 6) is 0.179. The second-order valence-electron chi connectivity index (χ2n) is 5.29. The van der Waals surface area contributed by atoms with E-state index in [0.29, 0.717) is 5.46 Å². The van der Waals surface area contributed by atoms with Crippen molar-refractivity contribution in [2.24, 2.45) is 0 Å². The summed E-state index contributed by atoms with van der Waals surface area (Å²) < 4.78 is 12.6. The first kappa shape index (κ1) is 12.9. The van der Waals surface area contributed by atoms with Gasteiger partial charge in [-0.3, -0.25) is 0 Å². The van der Waals surface area contributed by atoms with Gasteiger partial charge in [-0.05, 0) is 39.8 Å². The molecule has 0 spiro atoms.